The van der Waals surface area contributed by atoms with E-state index in [1.165, 1.54) is 6.08 Å². The highest BCUT2D eigenvalue weighted by Gasteiger charge is 2.15. The standard InChI is InChI=1S/C8H7NO4/c1-2-5-3-7(10)8(11)4-6(5)9(12)13/h2-4,10-11H,1H2. The molecule has 0 aromatic heterocycles. The highest BCUT2D eigenvalue weighted by Crippen LogP contribution is 2.32. The van der Waals surface area contributed by atoms with Crippen LogP contribution in [0.1, 0.15) is 5.56 Å². The molecular formula is C8H7NO4. The number of phenolic OH excluding ortho intramolecular Hbond substituents is 2. The van der Waals surface area contributed by atoms with Gasteiger partial charge >= 0.3 is 0 Å². The van der Waals surface area contributed by atoms with E-state index in [0.717, 1.165) is 12.1 Å². The van der Waals surface area contributed by atoms with Crippen LogP contribution in [-0.4, -0.2) is 15.1 Å². The molecule has 0 radical (unpaired) electrons. The maximum atomic E-state index is 10.4. The first kappa shape index (κ1) is 9.05. The SMILES string of the molecule is C=Cc1cc(O)c(O)cc1[N+](=O)[O-]. The van der Waals surface area contributed by atoms with Crippen LogP contribution in [0.3, 0.4) is 0 Å². The van der Waals surface area contributed by atoms with Gasteiger partial charge in [0.2, 0.25) is 0 Å². The summed E-state index contributed by atoms with van der Waals surface area (Å²) in [5, 5.41) is 28.4. The van der Waals surface area contributed by atoms with Crippen molar-refractivity contribution in [1.29, 1.82) is 0 Å². The molecule has 5 nitrogen and oxygen atoms in total. The normalized spacial score (nSPS) is 9.54. The molecule has 1 aromatic carbocycles. The van der Waals surface area contributed by atoms with E-state index in [2.05, 4.69) is 6.58 Å². The number of rotatable bonds is 2. The predicted octanol–water partition coefficient (Wildman–Crippen LogP) is 1.65. The Kier molecular flexibility index (Phi) is 2.19. The smallest absolute Gasteiger partial charge is 0.280 e. The Labute approximate surface area is 73.7 Å². The Morgan fingerprint density at radius 2 is 1.92 bits per heavy atom. The van der Waals surface area contributed by atoms with Crippen molar-refractivity contribution < 1.29 is 15.1 Å². The van der Waals surface area contributed by atoms with Crippen molar-refractivity contribution in [2.75, 3.05) is 0 Å². The first-order valence-electron chi connectivity index (χ1n) is 3.39. The molecule has 0 heterocycles. The van der Waals surface area contributed by atoms with Crippen LogP contribution in [0, 0.1) is 10.1 Å². The quantitative estimate of drug-likeness (QED) is 0.412. The van der Waals surface area contributed by atoms with Crippen LogP contribution in [-0.2, 0) is 0 Å². The lowest BCUT2D eigenvalue weighted by Gasteiger charge is -2.00. The van der Waals surface area contributed by atoms with Gasteiger partial charge < -0.3 is 10.2 Å². The molecule has 0 aliphatic heterocycles. The molecule has 0 saturated heterocycles. The highest BCUT2D eigenvalue weighted by molar-refractivity contribution is 5.64. The number of phenols is 2. The number of nitro benzene ring substituents is 1. The Morgan fingerprint density at radius 3 is 2.38 bits per heavy atom. The summed E-state index contributed by atoms with van der Waals surface area (Å²) in [5.74, 6) is -0.919. The molecule has 68 valence electrons. The fraction of sp³-hybridized carbons (Fsp3) is 0. The summed E-state index contributed by atoms with van der Waals surface area (Å²) in [6, 6.07) is 1.97. The summed E-state index contributed by atoms with van der Waals surface area (Å²) in [6.07, 6.45) is 1.23. The van der Waals surface area contributed by atoms with Gasteiger partial charge in [0.15, 0.2) is 11.5 Å². The molecule has 5 heteroatoms. The Balaban J connectivity index is 3.41. The molecular weight excluding hydrogens is 174 g/mol. The number of nitro groups is 1. The summed E-state index contributed by atoms with van der Waals surface area (Å²) in [6.45, 7) is 3.35. The van der Waals surface area contributed by atoms with E-state index in [1.54, 1.807) is 0 Å². The average Bonchev–Trinajstić information content (AvgIpc) is 2.08. The second-order valence-corrected chi connectivity index (χ2v) is 2.36. The lowest BCUT2D eigenvalue weighted by molar-refractivity contribution is -0.385. The van der Waals surface area contributed by atoms with Crippen LogP contribution in [0.15, 0.2) is 18.7 Å². The highest BCUT2D eigenvalue weighted by atomic mass is 16.6. The predicted molar refractivity (Wildman–Crippen MR) is 46.5 cm³/mol. The molecule has 0 unspecified atom stereocenters. The van der Waals surface area contributed by atoms with E-state index >= 15 is 0 Å². The molecule has 0 atom stereocenters. The Morgan fingerprint density at radius 1 is 1.38 bits per heavy atom. The molecule has 0 amide bonds. The van der Waals surface area contributed by atoms with E-state index < -0.39 is 16.4 Å². The molecule has 0 fully saturated rings. The van der Waals surface area contributed by atoms with E-state index in [4.69, 9.17) is 10.2 Å². The van der Waals surface area contributed by atoms with E-state index in [-0.39, 0.29) is 11.3 Å². The number of hydrogen-bond donors (Lipinski definition) is 2. The van der Waals surface area contributed by atoms with Gasteiger partial charge in [-0.25, -0.2) is 0 Å². The third-order valence-corrected chi connectivity index (χ3v) is 1.54. The van der Waals surface area contributed by atoms with Crippen LogP contribution >= 0.6 is 0 Å². The third-order valence-electron chi connectivity index (χ3n) is 1.54. The lowest BCUT2D eigenvalue weighted by atomic mass is 10.1. The third kappa shape index (κ3) is 1.58. The molecule has 0 aliphatic rings. The van der Waals surface area contributed by atoms with E-state index in [1.807, 2.05) is 0 Å². The molecule has 13 heavy (non-hydrogen) atoms. The van der Waals surface area contributed by atoms with Crippen molar-refractivity contribution in [3.8, 4) is 11.5 Å². The molecule has 1 rings (SSSR count). The first-order chi connectivity index (χ1) is 6.06. The van der Waals surface area contributed by atoms with Crippen LogP contribution < -0.4 is 0 Å². The van der Waals surface area contributed by atoms with Gasteiger partial charge in [-0.1, -0.05) is 12.7 Å². The first-order valence-corrected chi connectivity index (χ1v) is 3.39. The zero-order valence-corrected chi connectivity index (χ0v) is 6.60. The van der Waals surface area contributed by atoms with Crippen molar-refractivity contribution in [3.63, 3.8) is 0 Å². The van der Waals surface area contributed by atoms with Crippen LogP contribution in [0.2, 0.25) is 0 Å². The molecule has 0 saturated carbocycles. The van der Waals surface area contributed by atoms with Crippen LogP contribution in [0.25, 0.3) is 6.08 Å². The van der Waals surface area contributed by atoms with Gasteiger partial charge in [-0.3, -0.25) is 10.1 Å². The van der Waals surface area contributed by atoms with E-state index in [9.17, 15) is 10.1 Å². The van der Waals surface area contributed by atoms with E-state index in [0.29, 0.717) is 0 Å². The lowest BCUT2D eigenvalue weighted by Crippen LogP contribution is -1.90. The summed E-state index contributed by atoms with van der Waals surface area (Å²) in [5.41, 5.74) is -0.120. The number of hydrogen-bond acceptors (Lipinski definition) is 4. The monoisotopic (exact) mass is 181 g/mol. The van der Waals surface area contributed by atoms with Crippen LogP contribution in [0.5, 0.6) is 11.5 Å². The minimum Gasteiger partial charge on any atom is -0.504 e. The molecule has 1 aromatic rings. The van der Waals surface area contributed by atoms with Gasteiger partial charge in [-0.05, 0) is 6.07 Å². The summed E-state index contributed by atoms with van der Waals surface area (Å²) >= 11 is 0. The number of benzene rings is 1. The van der Waals surface area contributed by atoms with Gasteiger partial charge in [0.1, 0.15) is 0 Å². The van der Waals surface area contributed by atoms with Crippen molar-refractivity contribution in [1.82, 2.24) is 0 Å². The maximum Gasteiger partial charge on any atom is 0.280 e. The van der Waals surface area contributed by atoms with Crippen LogP contribution in [0.4, 0.5) is 5.69 Å². The topological polar surface area (TPSA) is 83.6 Å². The van der Waals surface area contributed by atoms with Crippen molar-refractivity contribution in [3.05, 3.63) is 34.4 Å². The van der Waals surface area contributed by atoms with Gasteiger partial charge in [0.05, 0.1) is 16.6 Å². The molecule has 0 spiro atoms. The Bertz CT molecular complexity index is 373. The van der Waals surface area contributed by atoms with Crippen molar-refractivity contribution in [2.45, 2.75) is 0 Å². The second-order valence-electron chi connectivity index (χ2n) is 2.36. The fourth-order valence-corrected chi connectivity index (χ4v) is 0.904. The Hall–Kier alpha value is -2.04. The average molecular weight is 181 g/mol. The minimum atomic E-state index is -0.657. The van der Waals surface area contributed by atoms with Gasteiger partial charge in [0, 0.05) is 0 Å². The number of aromatic hydroxyl groups is 2. The molecule has 0 bridgehead atoms. The minimum absolute atomic E-state index is 0.167. The number of nitrogens with zero attached hydrogens (tertiary/aromatic N) is 1. The summed E-state index contributed by atoms with van der Waals surface area (Å²) in [4.78, 5) is 9.75. The fourth-order valence-electron chi connectivity index (χ4n) is 0.904. The van der Waals surface area contributed by atoms with Crippen molar-refractivity contribution in [2.24, 2.45) is 0 Å². The second kappa shape index (κ2) is 3.14. The summed E-state index contributed by atoms with van der Waals surface area (Å²) < 4.78 is 0. The maximum absolute atomic E-state index is 10.4. The van der Waals surface area contributed by atoms with Gasteiger partial charge in [-0.2, -0.15) is 0 Å². The summed E-state index contributed by atoms with van der Waals surface area (Å²) in [7, 11) is 0. The zero-order valence-electron chi connectivity index (χ0n) is 6.60. The largest absolute Gasteiger partial charge is 0.504 e. The van der Waals surface area contributed by atoms with Gasteiger partial charge in [0.25, 0.3) is 5.69 Å². The molecule has 0 aliphatic carbocycles. The molecule has 2 N–H and O–H groups in total. The zero-order chi connectivity index (χ0) is 10.0. The van der Waals surface area contributed by atoms with Crippen molar-refractivity contribution >= 4 is 11.8 Å². The van der Waals surface area contributed by atoms with Gasteiger partial charge in [-0.15, -0.1) is 0 Å².